The molecule has 3 aromatic rings. The van der Waals surface area contributed by atoms with Gasteiger partial charge in [0.2, 0.25) is 0 Å². The van der Waals surface area contributed by atoms with Crippen LogP contribution >= 0.6 is 0 Å². The monoisotopic (exact) mass is 408 g/mol. The summed E-state index contributed by atoms with van der Waals surface area (Å²) in [6.45, 7) is 0. The van der Waals surface area contributed by atoms with Gasteiger partial charge in [0.15, 0.2) is 0 Å². The van der Waals surface area contributed by atoms with E-state index in [0.717, 1.165) is 41.2 Å². The largest absolute Gasteiger partial charge is 0.478 e. The smallest absolute Gasteiger partial charge is 0.328 e. The topological polar surface area (TPSA) is 87.2 Å². The number of rotatable bonds is 7. The third-order valence-electron chi connectivity index (χ3n) is 5.51. The zero-order chi connectivity index (χ0) is 21.8. The number of nitrogens with two attached hydrogens (primary N) is 1. The molecule has 1 fully saturated rings. The number of nitrogens with one attached hydrogen (secondary N) is 1. The first-order valence-corrected chi connectivity index (χ1v) is 10.3. The Morgan fingerprint density at radius 1 is 0.935 bits per heavy atom. The van der Waals surface area contributed by atoms with Gasteiger partial charge in [-0.25, -0.2) is 4.79 Å². The quantitative estimate of drug-likeness (QED) is 0.202. The summed E-state index contributed by atoms with van der Waals surface area (Å²) in [6.07, 6.45) is 6.31. The van der Waals surface area contributed by atoms with Crippen molar-refractivity contribution in [2.45, 2.75) is 12.8 Å². The number of hydrogen-bond acceptors (Lipinski definition) is 3. The molecule has 1 aliphatic rings. The summed E-state index contributed by atoms with van der Waals surface area (Å²) in [6, 6.07) is 24.0. The Morgan fingerprint density at radius 3 is 2.26 bits per heavy atom. The number of aliphatic carboxylic acids is 1. The minimum Gasteiger partial charge on any atom is -0.478 e. The molecule has 0 heterocycles. The normalized spacial score (nSPS) is 14.3. The first-order chi connectivity index (χ1) is 15.1. The van der Waals surface area contributed by atoms with Crippen LogP contribution in [0.3, 0.4) is 0 Å². The number of benzene rings is 3. The van der Waals surface area contributed by atoms with Crippen molar-refractivity contribution in [2.75, 3.05) is 5.73 Å². The van der Waals surface area contributed by atoms with Gasteiger partial charge in [-0.2, -0.15) is 0 Å². The Kier molecular flexibility index (Phi) is 5.80. The lowest BCUT2D eigenvalue weighted by Gasteiger charge is -2.19. The summed E-state index contributed by atoms with van der Waals surface area (Å²) in [4.78, 5) is 10.8. The molecule has 0 aromatic heterocycles. The molecule has 0 bridgehead atoms. The van der Waals surface area contributed by atoms with E-state index in [4.69, 9.17) is 16.2 Å². The molecule has 4 heteroatoms. The highest BCUT2D eigenvalue weighted by atomic mass is 16.4. The highest BCUT2D eigenvalue weighted by Crippen LogP contribution is 2.48. The van der Waals surface area contributed by atoms with Crippen LogP contribution in [0, 0.1) is 11.3 Å². The lowest BCUT2D eigenvalue weighted by atomic mass is 9.84. The van der Waals surface area contributed by atoms with Crippen LogP contribution in [0.5, 0.6) is 0 Å². The summed E-state index contributed by atoms with van der Waals surface area (Å²) in [5, 5.41) is 16.9. The highest BCUT2D eigenvalue weighted by molar-refractivity contribution is 6.05. The van der Waals surface area contributed by atoms with Crippen LogP contribution < -0.4 is 5.73 Å². The van der Waals surface area contributed by atoms with E-state index in [-0.39, 0.29) is 0 Å². The lowest BCUT2D eigenvalue weighted by molar-refractivity contribution is -0.131. The Labute approximate surface area is 181 Å². The molecular formula is C27H24N2O2. The van der Waals surface area contributed by atoms with E-state index in [1.54, 1.807) is 6.08 Å². The van der Waals surface area contributed by atoms with Gasteiger partial charge < -0.3 is 16.2 Å². The maximum Gasteiger partial charge on any atom is 0.328 e. The summed E-state index contributed by atoms with van der Waals surface area (Å²) in [7, 11) is 0. The number of anilines is 1. The van der Waals surface area contributed by atoms with Crippen LogP contribution in [0.2, 0.25) is 0 Å². The predicted octanol–water partition coefficient (Wildman–Crippen LogP) is 5.73. The van der Waals surface area contributed by atoms with E-state index in [1.807, 2.05) is 60.7 Å². The van der Waals surface area contributed by atoms with E-state index < -0.39 is 5.97 Å². The van der Waals surface area contributed by atoms with Crippen LogP contribution in [-0.4, -0.2) is 17.3 Å². The van der Waals surface area contributed by atoms with Gasteiger partial charge in [-0.15, -0.1) is 0 Å². The van der Waals surface area contributed by atoms with Crippen molar-refractivity contribution in [1.82, 2.24) is 0 Å². The number of nitrogen functional groups attached to an aromatic ring is 1. The molecule has 4 nitrogen and oxygen atoms in total. The Bertz CT molecular complexity index is 1170. The zero-order valence-corrected chi connectivity index (χ0v) is 17.1. The van der Waals surface area contributed by atoms with Gasteiger partial charge in [0, 0.05) is 23.5 Å². The molecule has 154 valence electrons. The van der Waals surface area contributed by atoms with E-state index in [2.05, 4.69) is 12.1 Å². The summed E-state index contributed by atoms with van der Waals surface area (Å²) >= 11 is 0. The average molecular weight is 409 g/mol. The molecule has 0 amide bonds. The fraction of sp³-hybridized carbons (Fsp3) is 0.111. The predicted molar refractivity (Wildman–Crippen MR) is 127 cm³/mol. The number of allylic oxidation sites excluding steroid dienone is 1. The number of carbonyl (C=O) groups is 1. The molecule has 0 aliphatic heterocycles. The van der Waals surface area contributed by atoms with Crippen molar-refractivity contribution in [3.8, 4) is 0 Å². The van der Waals surface area contributed by atoms with Gasteiger partial charge in [0.05, 0.1) is 0 Å². The molecule has 0 radical (unpaired) electrons. The van der Waals surface area contributed by atoms with Gasteiger partial charge in [0.1, 0.15) is 0 Å². The molecule has 31 heavy (non-hydrogen) atoms. The Hall–Kier alpha value is -3.92. The van der Waals surface area contributed by atoms with Crippen molar-refractivity contribution >= 4 is 35.1 Å². The third-order valence-corrected chi connectivity index (χ3v) is 5.51. The van der Waals surface area contributed by atoms with Crippen LogP contribution in [0.1, 0.15) is 40.7 Å². The van der Waals surface area contributed by atoms with Crippen molar-refractivity contribution < 1.29 is 9.90 Å². The Balaban J connectivity index is 1.96. The Morgan fingerprint density at radius 2 is 1.65 bits per heavy atom. The second-order valence-electron chi connectivity index (χ2n) is 7.68. The molecule has 1 aliphatic carbocycles. The first-order valence-electron chi connectivity index (χ1n) is 10.3. The molecule has 0 atom stereocenters. The van der Waals surface area contributed by atoms with Crippen LogP contribution in [-0.2, 0) is 4.79 Å². The fourth-order valence-electron chi connectivity index (χ4n) is 3.92. The molecule has 1 saturated carbocycles. The molecular weight excluding hydrogens is 384 g/mol. The van der Waals surface area contributed by atoms with Gasteiger partial charge in [-0.05, 0) is 64.3 Å². The highest BCUT2D eigenvalue weighted by Gasteiger charge is 2.31. The molecule has 4 rings (SSSR count). The van der Waals surface area contributed by atoms with Gasteiger partial charge >= 0.3 is 5.97 Å². The number of hydrogen-bond donors (Lipinski definition) is 3. The standard InChI is InChI=1S/C27H24N2O2/c28-17-23-22(7-4-8-24(23)29)27(21-12-9-18(10-13-21)11-16-25(30)31)26(20-14-15-20)19-5-2-1-3-6-19/h1-13,16-17,20,28H,14-15,29H2,(H,30,31)/b16-11+,27-26-,28-17?. The van der Waals surface area contributed by atoms with Gasteiger partial charge in [-0.1, -0.05) is 66.7 Å². The molecule has 0 unspecified atom stereocenters. The van der Waals surface area contributed by atoms with Crippen molar-refractivity contribution in [3.63, 3.8) is 0 Å². The van der Waals surface area contributed by atoms with Crippen LogP contribution in [0.25, 0.3) is 17.2 Å². The fourth-order valence-corrected chi connectivity index (χ4v) is 3.92. The number of carboxylic acid groups (broad SMARTS) is 1. The third kappa shape index (κ3) is 4.48. The van der Waals surface area contributed by atoms with Crippen molar-refractivity contribution in [3.05, 3.63) is 107 Å². The summed E-state index contributed by atoms with van der Waals surface area (Å²) in [5.74, 6) is -0.510. The second kappa shape index (κ2) is 8.84. The zero-order valence-electron chi connectivity index (χ0n) is 17.1. The van der Waals surface area contributed by atoms with E-state index in [9.17, 15) is 4.79 Å². The van der Waals surface area contributed by atoms with E-state index in [1.165, 1.54) is 17.4 Å². The number of carboxylic acids is 1. The minimum absolute atomic E-state index is 0.462. The summed E-state index contributed by atoms with van der Waals surface area (Å²) in [5.41, 5.74) is 13.8. The van der Waals surface area contributed by atoms with Gasteiger partial charge in [-0.3, -0.25) is 0 Å². The molecule has 0 saturated heterocycles. The second-order valence-corrected chi connectivity index (χ2v) is 7.68. The van der Waals surface area contributed by atoms with Crippen molar-refractivity contribution in [1.29, 1.82) is 5.41 Å². The first kappa shape index (κ1) is 20.4. The molecule has 3 aromatic carbocycles. The summed E-state index contributed by atoms with van der Waals surface area (Å²) < 4.78 is 0. The maximum atomic E-state index is 10.8. The van der Waals surface area contributed by atoms with Crippen LogP contribution in [0.4, 0.5) is 5.69 Å². The van der Waals surface area contributed by atoms with E-state index in [0.29, 0.717) is 17.2 Å². The molecule has 0 spiro atoms. The van der Waals surface area contributed by atoms with Crippen molar-refractivity contribution in [2.24, 2.45) is 5.92 Å². The van der Waals surface area contributed by atoms with Gasteiger partial charge in [0.25, 0.3) is 0 Å². The van der Waals surface area contributed by atoms with Crippen LogP contribution in [0.15, 0.2) is 78.9 Å². The molecule has 4 N–H and O–H groups in total. The lowest BCUT2D eigenvalue weighted by Crippen LogP contribution is -2.03. The SMILES string of the molecule is N=Cc1c(N)cccc1/C(=C(/c1ccccc1)C1CC1)c1ccc(/C=C/C(=O)O)cc1. The maximum absolute atomic E-state index is 10.8. The average Bonchev–Trinajstić information content (AvgIpc) is 3.62. The van der Waals surface area contributed by atoms with E-state index >= 15 is 0 Å². The minimum atomic E-state index is -0.972.